The molecule has 0 radical (unpaired) electrons. The summed E-state index contributed by atoms with van der Waals surface area (Å²) >= 11 is 8.10. The van der Waals surface area contributed by atoms with Crippen LogP contribution in [0, 0.1) is 0 Å². The van der Waals surface area contributed by atoms with E-state index in [-0.39, 0.29) is 17.3 Å². The number of nitrogens with two attached hydrogens (primary N) is 1. The average molecular weight is 490 g/mol. The number of aromatic nitrogens is 2. The Morgan fingerprint density at radius 3 is 2.67 bits per heavy atom. The number of halogens is 1. The Bertz CT molecular complexity index is 1140. The molecule has 0 fully saturated rings. The Morgan fingerprint density at radius 2 is 2.00 bits per heavy atom. The highest BCUT2D eigenvalue weighted by Crippen LogP contribution is 2.29. The van der Waals surface area contributed by atoms with Gasteiger partial charge >= 0.3 is 0 Å². The second kappa shape index (κ2) is 9.59. The summed E-state index contributed by atoms with van der Waals surface area (Å²) in [4.78, 5) is 12.7. The molecule has 156 valence electrons. The topological polar surface area (TPSA) is 95.8 Å². The molecule has 8 nitrogen and oxygen atoms in total. The van der Waals surface area contributed by atoms with Gasteiger partial charge in [-0.3, -0.25) is 14.9 Å². The van der Waals surface area contributed by atoms with Crippen LogP contribution in [0.25, 0.3) is 5.69 Å². The van der Waals surface area contributed by atoms with Gasteiger partial charge in [0.05, 0.1) is 24.7 Å². The van der Waals surface area contributed by atoms with Crippen LogP contribution in [0.1, 0.15) is 11.3 Å². The van der Waals surface area contributed by atoms with Gasteiger partial charge in [0, 0.05) is 7.05 Å². The fraction of sp³-hybridized carbons (Fsp3) is 0.150. The standard InChI is InChI=1S/C20H20BrN5O3S/c1-25-15(18(21)19(27)26(25)14-6-4-3-5-7-14)12-29-16-9-8-13(10-17(16)28-2)11-23-24-20(22)30/h3-11H,12H2,1-2H3,(H3,22,24,30). The van der Waals surface area contributed by atoms with Gasteiger partial charge in [0.15, 0.2) is 16.6 Å². The van der Waals surface area contributed by atoms with Gasteiger partial charge in [-0.1, -0.05) is 18.2 Å². The molecule has 1 aromatic heterocycles. The van der Waals surface area contributed by atoms with E-state index in [2.05, 4.69) is 26.5 Å². The molecule has 0 aliphatic heterocycles. The summed E-state index contributed by atoms with van der Waals surface area (Å²) in [5, 5.41) is 4.00. The van der Waals surface area contributed by atoms with E-state index in [9.17, 15) is 4.79 Å². The van der Waals surface area contributed by atoms with Crippen LogP contribution in [0.5, 0.6) is 11.5 Å². The Labute approximate surface area is 187 Å². The summed E-state index contributed by atoms with van der Waals surface area (Å²) in [5.74, 6) is 1.06. The van der Waals surface area contributed by atoms with E-state index in [1.54, 1.807) is 34.8 Å². The molecule has 10 heteroatoms. The summed E-state index contributed by atoms with van der Waals surface area (Å²) in [6, 6.07) is 14.7. The third-order valence-corrected chi connectivity index (χ3v) is 5.15. The summed E-state index contributed by atoms with van der Waals surface area (Å²) < 4.78 is 15.1. The molecular weight excluding hydrogens is 470 g/mol. The van der Waals surface area contributed by atoms with Crippen molar-refractivity contribution in [2.75, 3.05) is 7.11 Å². The fourth-order valence-electron chi connectivity index (χ4n) is 2.83. The summed E-state index contributed by atoms with van der Waals surface area (Å²) in [7, 11) is 3.36. The molecule has 0 atom stereocenters. The van der Waals surface area contributed by atoms with Crippen molar-refractivity contribution in [2.45, 2.75) is 6.61 Å². The highest BCUT2D eigenvalue weighted by Gasteiger charge is 2.18. The molecule has 2 aromatic carbocycles. The van der Waals surface area contributed by atoms with Crippen LogP contribution < -0.4 is 26.2 Å². The highest BCUT2D eigenvalue weighted by molar-refractivity contribution is 9.10. The lowest BCUT2D eigenvalue weighted by molar-refractivity contribution is 0.274. The van der Waals surface area contributed by atoms with Crippen LogP contribution >= 0.6 is 28.1 Å². The number of hydrogen-bond acceptors (Lipinski definition) is 5. The van der Waals surface area contributed by atoms with Crippen LogP contribution in [0.3, 0.4) is 0 Å². The predicted molar refractivity (Wildman–Crippen MR) is 124 cm³/mol. The van der Waals surface area contributed by atoms with Crippen molar-refractivity contribution < 1.29 is 9.47 Å². The Morgan fingerprint density at radius 1 is 1.27 bits per heavy atom. The smallest absolute Gasteiger partial charge is 0.286 e. The maximum atomic E-state index is 12.7. The van der Waals surface area contributed by atoms with Crippen molar-refractivity contribution in [3.63, 3.8) is 0 Å². The van der Waals surface area contributed by atoms with Crippen molar-refractivity contribution in [1.82, 2.24) is 14.8 Å². The lowest BCUT2D eigenvalue weighted by atomic mass is 10.2. The zero-order chi connectivity index (χ0) is 21.7. The molecule has 0 bridgehead atoms. The van der Waals surface area contributed by atoms with E-state index < -0.39 is 0 Å². The van der Waals surface area contributed by atoms with Gasteiger partial charge in [-0.2, -0.15) is 5.10 Å². The van der Waals surface area contributed by atoms with Gasteiger partial charge in [-0.25, -0.2) is 4.68 Å². The van der Waals surface area contributed by atoms with E-state index in [1.807, 2.05) is 43.4 Å². The number of nitrogens with zero attached hydrogens (tertiary/aromatic N) is 3. The molecule has 0 amide bonds. The first-order chi connectivity index (χ1) is 14.4. The average Bonchev–Trinajstić information content (AvgIpc) is 2.95. The van der Waals surface area contributed by atoms with Gasteiger partial charge < -0.3 is 15.2 Å². The molecule has 0 unspecified atom stereocenters. The van der Waals surface area contributed by atoms with Crippen molar-refractivity contribution in [3.8, 4) is 17.2 Å². The largest absolute Gasteiger partial charge is 0.493 e. The molecule has 0 spiro atoms. The molecule has 0 aliphatic carbocycles. The van der Waals surface area contributed by atoms with Gasteiger partial charge in [-0.15, -0.1) is 0 Å². The molecule has 0 saturated heterocycles. The number of rotatable bonds is 7. The Balaban J connectivity index is 1.83. The van der Waals surface area contributed by atoms with Gasteiger partial charge in [0.25, 0.3) is 5.56 Å². The molecule has 0 aliphatic rings. The van der Waals surface area contributed by atoms with E-state index in [4.69, 9.17) is 27.4 Å². The predicted octanol–water partition coefficient (Wildman–Crippen LogP) is 2.69. The zero-order valence-corrected chi connectivity index (χ0v) is 18.7. The quantitative estimate of drug-likeness (QED) is 0.301. The second-order valence-corrected chi connectivity index (χ2v) is 7.40. The molecule has 3 aromatic rings. The Kier molecular flexibility index (Phi) is 6.91. The number of para-hydroxylation sites is 1. The normalized spacial score (nSPS) is 10.9. The van der Waals surface area contributed by atoms with Crippen molar-refractivity contribution >= 4 is 39.5 Å². The molecule has 1 heterocycles. The molecule has 0 saturated carbocycles. The minimum absolute atomic E-state index is 0.0804. The minimum atomic E-state index is -0.161. The number of hydrogen-bond donors (Lipinski definition) is 2. The number of thiocarbonyl (C=S) groups is 1. The monoisotopic (exact) mass is 489 g/mol. The van der Waals surface area contributed by atoms with E-state index >= 15 is 0 Å². The molecular formula is C20H20BrN5O3S. The number of nitrogens with one attached hydrogen (secondary N) is 1. The van der Waals surface area contributed by atoms with Crippen LogP contribution in [0.2, 0.25) is 0 Å². The third-order valence-electron chi connectivity index (χ3n) is 4.27. The van der Waals surface area contributed by atoms with Crippen molar-refractivity contribution in [2.24, 2.45) is 17.9 Å². The molecule has 3 rings (SSSR count). The second-order valence-electron chi connectivity index (χ2n) is 6.17. The Hall–Kier alpha value is -3.11. The SMILES string of the molecule is COc1cc(C=NNC(N)=S)ccc1OCc1c(Br)c(=O)n(-c2ccccc2)n1C. The van der Waals surface area contributed by atoms with Crippen LogP contribution in [-0.4, -0.2) is 27.8 Å². The van der Waals surface area contributed by atoms with Crippen LogP contribution in [0.15, 0.2) is 62.9 Å². The van der Waals surface area contributed by atoms with Crippen molar-refractivity contribution in [1.29, 1.82) is 0 Å². The first-order valence-electron chi connectivity index (χ1n) is 8.83. The van der Waals surface area contributed by atoms with Crippen LogP contribution in [0.4, 0.5) is 0 Å². The number of ether oxygens (including phenoxy) is 2. The van der Waals surface area contributed by atoms with Gasteiger partial charge in [0.2, 0.25) is 0 Å². The summed E-state index contributed by atoms with van der Waals surface area (Å²) in [6.45, 7) is 0.166. The first-order valence-corrected chi connectivity index (χ1v) is 10.0. The zero-order valence-electron chi connectivity index (χ0n) is 16.3. The third kappa shape index (κ3) is 4.71. The van der Waals surface area contributed by atoms with Crippen molar-refractivity contribution in [3.05, 3.63) is 74.6 Å². The highest BCUT2D eigenvalue weighted by atomic mass is 79.9. The first kappa shape index (κ1) is 21.6. The summed E-state index contributed by atoms with van der Waals surface area (Å²) in [5.41, 5.74) is 9.90. The number of methoxy groups -OCH3 is 1. The lowest BCUT2D eigenvalue weighted by Crippen LogP contribution is -2.23. The van der Waals surface area contributed by atoms with E-state index in [0.29, 0.717) is 21.7 Å². The maximum absolute atomic E-state index is 12.7. The molecule has 3 N–H and O–H groups in total. The van der Waals surface area contributed by atoms with E-state index in [1.165, 1.54) is 0 Å². The number of benzene rings is 2. The maximum Gasteiger partial charge on any atom is 0.286 e. The van der Waals surface area contributed by atoms with Crippen LogP contribution in [-0.2, 0) is 13.7 Å². The van der Waals surface area contributed by atoms with Gasteiger partial charge in [-0.05, 0) is 64.0 Å². The van der Waals surface area contributed by atoms with Gasteiger partial charge in [0.1, 0.15) is 11.1 Å². The molecule has 30 heavy (non-hydrogen) atoms. The lowest BCUT2D eigenvalue weighted by Gasteiger charge is -2.13. The number of hydrazone groups is 1. The van der Waals surface area contributed by atoms with E-state index in [0.717, 1.165) is 11.3 Å². The summed E-state index contributed by atoms with van der Waals surface area (Å²) in [6.07, 6.45) is 1.56. The minimum Gasteiger partial charge on any atom is -0.493 e. The fourth-order valence-corrected chi connectivity index (χ4v) is 3.42.